The van der Waals surface area contributed by atoms with Gasteiger partial charge in [-0.15, -0.1) is 0 Å². The molecule has 0 fully saturated rings. The van der Waals surface area contributed by atoms with E-state index in [0.29, 0.717) is 10.8 Å². The summed E-state index contributed by atoms with van der Waals surface area (Å²) in [6.45, 7) is 2.01. The Morgan fingerprint density at radius 1 is 1.31 bits per heavy atom. The molecule has 0 amide bonds. The van der Waals surface area contributed by atoms with E-state index in [9.17, 15) is 0 Å². The van der Waals surface area contributed by atoms with Gasteiger partial charge < -0.3 is 4.74 Å². The number of pyridine rings is 1. The minimum absolute atomic E-state index is 0.503. The molecule has 16 heavy (non-hydrogen) atoms. The van der Waals surface area contributed by atoms with Gasteiger partial charge in [-0.3, -0.25) is 4.98 Å². The molecule has 0 aliphatic heterocycles. The summed E-state index contributed by atoms with van der Waals surface area (Å²) in [5.74, 6) is 1.37. The number of halogens is 2. The van der Waals surface area contributed by atoms with Gasteiger partial charge in [-0.1, -0.05) is 27.5 Å². The van der Waals surface area contributed by atoms with Gasteiger partial charge in [0.15, 0.2) is 0 Å². The molecule has 0 bridgehead atoms. The van der Waals surface area contributed by atoms with E-state index in [0.717, 1.165) is 15.8 Å². The van der Waals surface area contributed by atoms with Crippen LogP contribution in [0.1, 0.15) is 5.56 Å². The molecule has 2 rings (SSSR count). The average molecular weight is 299 g/mol. The zero-order chi connectivity index (χ0) is 11.5. The van der Waals surface area contributed by atoms with E-state index in [1.54, 1.807) is 18.5 Å². The summed E-state index contributed by atoms with van der Waals surface area (Å²) in [4.78, 5) is 3.90. The summed E-state index contributed by atoms with van der Waals surface area (Å²) in [5.41, 5.74) is 1.11. The number of hydrogen-bond acceptors (Lipinski definition) is 2. The van der Waals surface area contributed by atoms with Crippen molar-refractivity contribution in [3.63, 3.8) is 0 Å². The fourth-order valence-electron chi connectivity index (χ4n) is 1.25. The van der Waals surface area contributed by atoms with Gasteiger partial charge in [0.25, 0.3) is 0 Å². The normalized spacial score (nSPS) is 10.2. The Balaban J connectivity index is 2.28. The number of aromatic nitrogens is 1. The molecule has 0 saturated heterocycles. The molecule has 1 aromatic carbocycles. The maximum atomic E-state index is 5.95. The summed E-state index contributed by atoms with van der Waals surface area (Å²) in [7, 11) is 0. The number of hydrogen-bond donors (Lipinski definition) is 0. The van der Waals surface area contributed by atoms with Crippen molar-refractivity contribution in [1.82, 2.24) is 4.98 Å². The molecule has 1 aromatic heterocycles. The smallest absolute Gasteiger partial charge is 0.149 e. The van der Waals surface area contributed by atoms with Gasteiger partial charge in [0.2, 0.25) is 0 Å². The van der Waals surface area contributed by atoms with Crippen LogP contribution in [-0.2, 0) is 0 Å². The van der Waals surface area contributed by atoms with Crippen molar-refractivity contribution < 1.29 is 4.74 Å². The van der Waals surface area contributed by atoms with E-state index in [4.69, 9.17) is 16.3 Å². The van der Waals surface area contributed by atoms with E-state index in [-0.39, 0.29) is 0 Å². The highest BCUT2D eigenvalue weighted by molar-refractivity contribution is 9.10. The zero-order valence-electron chi connectivity index (χ0n) is 8.58. The Hall–Kier alpha value is -1.06. The minimum Gasteiger partial charge on any atom is -0.456 e. The molecule has 2 aromatic rings. The zero-order valence-corrected chi connectivity index (χ0v) is 10.9. The third-order valence-corrected chi connectivity index (χ3v) is 3.27. The molecule has 0 unspecified atom stereocenters. The Labute approximate surface area is 107 Å². The molecule has 0 radical (unpaired) electrons. The highest BCUT2D eigenvalue weighted by atomic mass is 79.9. The Kier molecular flexibility index (Phi) is 3.46. The first-order valence-electron chi connectivity index (χ1n) is 4.70. The fraction of sp³-hybridized carbons (Fsp3) is 0.0833. The van der Waals surface area contributed by atoms with Crippen molar-refractivity contribution in [1.29, 1.82) is 0 Å². The van der Waals surface area contributed by atoms with Crippen molar-refractivity contribution in [2.75, 3.05) is 0 Å². The summed E-state index contributed by atoms with van der Waals surface area (Å²) in [6, 6.07) is 7.51. The molecule has 4 heteroatoms. The first-order valence-corrected chi connectivity index (χ1v) is 5.87. The Morgan fingerprint density at radius 2 is 2.12 bits per heavy atom. The molecule has 0 atom stereocenters. The van der Waals surface area contributed by atoms with Crippen LogP contribution in [0.2, 0.25) is 5.02 Å². The number of rotatable bonds is 2. The predicted molar refractivity (Wildman–Crippen MR) is 68.2 cm³/mol. The van der Waals surface area contributed by atoms with Gasteiger partial charge >= 0.3 is 0 Å². The molecule has 0 spiro atoms. The highest BCUT2D eigenvalue weighted by Gasteiger charge is 2.03. The van der Waals surface area contributed by atoms with Crippen LogP contribution in [0.3, 0.4) is 0 Å². The van der Waals surface area contributed by atoms with E-state index < -0.39 is 0 Å². The third kappa shape index (κ3) is 2.54. The lowest BCUT2D eigenvalue weighted by atomic mass is 10.2. The number of nitrogens with zero attached hydrogens (tertiary/aromatic N) is 1. The Morgan fingerprint density at radius 3 is 2.81 bits per heavy atom. The molecule has 1 heterocycles. The summed E-state index contributed by atoms with van der Waals surface area (Å²) < 4.78 is 6.71. The second-order valence-electron chi connectivity index (χ2n) is 3.32. The van der Waals surface area contributed by atoms with Crippen molar-refractivity contribution in [2.45, 2.75) is 6.92 Å². The van der Waals surface area contributed by atoms with Crippen LogP contribution in [0.15, 0.2) is 41.1 Å². The quantitative estimate of drug-likeness (QED) is 0.808. The maximum absolute atomic E-state index is 5.95. The number of aryl methyl sites for hydroxylation is 1. The summed E-state index contributed by atoms with van der Waals surface area (Å²) >= 11 is 9.39. The number of benzene rings is 1. The lowest BCUT2D eigenvalue weighted by Crippen LogP contribution is -1.87. The highest BCUT2D eigenvalue weighted by Crippen LogP contribution is 2.30. The number of ether oxygens (including phenoxy) is 1. The molecule has 0 aliphatic carbocycles. The maximum Gasteiger partial charge on any atom is 0.149 e. The van der Waals surface area contributed by atoms with E-state index in [1.807, 2.05) is 25.1 Å². The lowest BCUT2D eigenvalue weighted by Gasteiger charge is -2.08. The van der Waals surface area contributed by atoms with Crippen LogP contribution in [0.25, 0.3) is 0 Å². The lowest BCUT2D eigenvalue weighted by molar-refractivity contribution is 0.481. The second-order valence-corrected chi connectivity index (χ2v) is 4.58. The molecule has 0 saturated carbocycles. The minimum atomic E-state index is 0.503. The molecule has 2 nitrogen and oxygen atoms in total. The SMILES string of the molecule is Cc1cc(Oc2ccncc2Cl)ccc1Br. The van der Waals surface area contributed by atoms with Gasteiger partial charge in [0, 0.05) is 22.9 Å². The first-order chi connectivity index (χ1) is 7.66. The molecular formula is C12H9BrClNO. The molecule has 82 valence electrons. The van der Waals surface area contributed by atoms with Gasteiger partial charge in [-0.2, -0.15) is 0 Å². The van der Waals surface area contributed by atoms with Crippen LogP contribution in [0.5, 0.6) is 11.5 Å². The van der Waals surface area contributed by atoms with Crippen LogP contribution >= 0.6 is 27.5 Å². The predicted octanol–water partition coefficient (Wildman–Crippen LogP) is 4.60. The first kappa shape index (κ1) is 11.4. The van der Waals surface area contributed by atoms with E-state index in [1.165, 1.54) is 0 Å². The van der Waals surface area contributed by atoms with E-state index >= 15 is 0 Å². The average Bonchev–Trinajstić information content (AvgIpc) is 2.27. The fourth-order valence-corrected chi connectivity index (χ4v) is 1.66. The summed E-state index contributed by atoms with van der Waals surface area (Å²) in [6.07, 6.45) is 3.20. The van der Waals surface area contributed by atoms with Crippen LogP contribution in [0, 0.1) is 6.92 Å². The molecular weight excluding hydrogens is 289 g/mol. The van der Waals surface area contributed by atoms with Gasteiger partial charge in [-0.05, 0) is 30.7 Å². The monoisotopic (exact) mass is 297 g/mol. The molecule has 0 aliphatic rings. The van der Waals surface area contributed by atoms with Crippen LogP contribution in [0.4, 0.5) is 0 Å². The molecule has 0 N–H and O–H groups in total. The van der Waals surface area contributed by atoms with Crippen molar-refractivity contribution in [2.24, 2.45) is 0 Å². The van der Waals surface area contributed by atoms with Crippen molar-refractivity contribution >= 4 is 27.5 Å². The largest absolute Gasteiger partial charge is 0.456 e. The second kappa shape index (κ2) is 4.85. The third-order valence-electron chi connectivity index (χ3n) is 2.09. The van der Waals surface area contributed by atoms with Gasteiger partial charge in [0.05, 0.1) is 0 Å². The standard InChI is InChI=1S/C12H9BrClNO/c1-8-6-9(2-3-10(8)13)16-12-4-5-15-7-11(12)14/h2-7H,1H3. The van der Waals surface area contributed by atoms with Crippen LogP contribution < -0.4 is 4.74 Å². The van der Waals surface area contributed by atoms with E-state index in [2.05, 4.69) is 20.9 Å². The van der Waals surface area contributed by atoms with Gasteiger partial charge in [0.1, 0.15) is 16.5 Å². The summed E-state index contributed by atoms with van der Waals surface area (Å²) in [5, 5.41) is 0.503. The Bertz CT molecular complexity index is 516. The van der Waals surface area contributed by atoms with Crippen molar-refractivity contribution in [3.05, 3.63) is 51.7 Å². The van der Waals surface area contributed by atoms with Crippen molar-refractivity contribution in [3.8, 4) is 11.5 Å². The topological polar surface area (TPSA) is 22.1 Å². The van der Waals surface area contributed by atoms with Crippen LogP contribution in [-0.4, -0.2) is 4.98 Å². The van der Waals surface area contributed by atoms with Gasteiger partial charge in [-0.25, -0.2) is 0 Å².